The molecule has 0 radical (unpaired) electrons. The summed E-state index contributed by atoms with van der Waals surface area (Å²) in [5.74, 6) is 0. The van der Waals surface area contributed by atoms with Gasteiger partial charge < -0.3 is 4.74 Å². The van der Waals surface area contributed by atoms with Crippen molar-refractivity contribution >= 4 is 6.21 Å². The Morgan fingerprint density at radius 3 is 2.29 bits per heavy atom. The molecule has 1 atom stereocenters. The molecule has 1 unspecified atom stereocenters. The fourth-order valence-corrected chi connectivity index (χ4v) is 1.27. The third-order valence-electron chi connectivity index (χ3n) is 2.32. The van der Waals surface area contributed by atoms with Crippen LogP contribution in [-0.4, -0.2) is 19.0 Å². The molecule has 0 aromatic heterocycles. The Balaban J connectivity index is 2.65. The third kappa shape index (κ3) is 3.26. The number of ether oxygens (including phenoxy) is 1. The van der Waals surface area contributed by atoms with Crippen LogP contribution in [-0.2, 0) is 4.74 Å². The highest BCUT2D eigenvalue weighted by Gasteiger charge is 2.28. The van der Waals surface area contributed by atoms with Crippen molar-refractivity contribution in [1.82, 2.24) is 0 Å². The Morgan fingerprint density at radius 1 is 1.21 bits per heavy atom. The summed E-state index contributed by atoms with van der Waals surface area (Å²) < 4.78 is 5.51. The van der Waals surface area contributed by atoms with Crippen LogP contribution in [0, 0.1) is 10.8 Å². The monoisotopic (exact) mass is 195 g/mol. The molecule has 2 heteroatoms. The van der Waals surface area contributed by atoms with E-state index in [1.54, 1.807) is 0 Å². The molecule has 0 amide bonds. The zero-order chi connectivity index (χ0) is 10.8. The van der Waals surface area contributed by atoms with Crippen molar-refractivity contribution < 1.29 is 4.74 Å². The first-order valence-electron chi connectivity index (χ1n) is 5.13. The average molecular weight is 195 g/mol. The maximum atomic E-state index is 5.51. The number of rotatable bonds is 2. The Hall–Kier alpha value is -0.630. The van der Waals surface area contributed by atoms with Gasteiger partial charge >= 0.3 is 0 Å². The minimum atomic E-state index is 0.0350. The maximum Gasteiger partial charge on any atom is 0.138 e. The summed E-state index contributed by atoms with van der Waals surface area (Å²) in [5.41, 5.74) is 0.264. The van der Waals surface area contributed by atoms with Crippen LogP contribution in [0.15, 0.2) is 17.1 Å². The quantitative estimate of drug-likeness (QED) is 0.621. The fraction of sp³-hybridized carbons (Fsp3) is 0.750. The molecule has 0 bridgehead atoms. The van der Waals surface area contributed by atoms with E-state index in [1.165, 1.54) is 0 Å². The van der Waals surface area contributed by atoms with Crippen LogP contribution >= 0.6 is 0 Å². The molecule has 1 aliphatic heterocycles. The van der Waals surface area contributed by atoms with Crippen LogP contribution in [0.1, 0.15) is 34.6 Å². The molecular formula is C12H21NO. The molecule has 1 aliphatic rings. The van der Waals surface area contributed by atoms with E-state index in [0.29, 0.717) is 6.73 Å². The van der Waals surface area contributed by atoms with E-state index in [1.807, 2.05) is 6.21 Å². The summed E-state index contributed by atoms with van der Waals surface area (Å²) in [6.07, 6.45) is 6.51. The lowest BCUT2D eigenvalue weighted by Gasteiger charge is -2.26. The Bertz CT molecular complexity index is 246. The summed E-state index contributed by atoms with van der Waals surface area (Å²) in [5, 5.41) is 0. The molecule has 0 N–H and O–H groups in total. The Labute approximate surface area is 87.1 Å². The number of aliphatic imine (C=N–C) groups is 1. The van der Waals surface area contributed by atoms with Gasteiger partial charge in [0, 0.05) is 11.6 Å². The summed E-state index contributed by atoms with van der Waals surface area (Å²) in [6.45, 7) is 11.5. The maximum absolute atomic E-state index is 5.51. The minimum Gasteiger partial charge on any atom is -0.350 e. The first kappa shape index (κ1) is 11.4. The zero-order valence-electron chi connectivity index (χ0n) is 9.87. The molecule has 2 nitrogen and oxygen atoms in total. The van der Waals surface area contributed by atoms with Crippen LogP contribution in [0.2, 0.25) is 0 Å². The minimum absolute atomic E-state index is 0.0350. The van der Waals surface area contributed by atoms with Gasteiger partial charge in [-0.25, -0.2) is 0 Å². The van der Waals surface area contributed by atoms with Gasteiger partial charge in [-0.1, -0.05) is 46.8 Å². The number of hydrogen-bond acceptors (Lipinski definition) is 2. The lowest BCUT2D eigenvalue weighted by Crippen LogP contribution is -2.29. The molecule has 0 aliphatic carbocycles. The summed E-state index contributed by atoms with van der Waals surface area (Å²) in [4.78, 5) is 4.09. The molecule has 14 heavy (non-hydrogen) atoms. The van der Waals surface area contributed by atoms with Crippen molar-refractivity contribution in [3.63, 3.8) is 0 Å². The molecule has 1 heterocycles. The topological polar surface area (TPSA) is 21.6 Å². The number of nitrogens with zero attached hydrogens (tertiary/aromatic N) is 1. The van der Waals surface area contributed by atoms with E-state index in [9.17, 15) is 0 Å². The van der Waals surface area contributed by atoms with E-state index >= 15 is 0 Å². The molecule has 0 spiro atoms. The molecular weight excluding hydrogens is 174 g/mol. The zero-order valence-corrected chi connectivity index (χ0v) is 9.87. The second-order valence-corrected chi connectivity index (χ2v) is 5.57. The van der Waals surface area contributed by atoms with Gasteiger partial charge in [0.05, 0.1) is 0 Å². The van der Waals surface area contributed by atoms with Crippen LogP contribution < -0.4 is 0 Å². The van der Waals surface area contributed by atoms with Crippen LogP contribution in [0.4, 0.5) is 0 Å². The van der Waals surface area contributed by atoms with Crippen molar-refractivity contribution in [2.75, 3.05) is 6.73 Å². The molecule has 0 aromatic rings. The van der Waals surface area contributed by atoms with Crippen LogP contribution in [0.5, 0.6) is 0 Å². The van der Waals surface area contributed by atoms with Gasteiger partial charge in [-0.2, -0.15) is 0 Å². The summed E-state index contributed by atoms with van der Waals surface area (Å²) in [7, 11) is 0. The van der Waals surface area contributed by atoms with Gasteiger partial charge in [0.25, 0.3) is 0 Å². The molecule has 0 fully saturated rings. The van der Waals surface area contributed by atoms with Crippen LogP contribution in [0.3, 0.4) is 0 Å². The van der Waals surface area contributed by atoms with Gasteiger partial charge in [0.2, 0.25) is 0 Å². The predicted octanol–water partition coefficient (Wildman–Crippen LogP) is 3.04. The van der Waals surface area contributed by atoms with E-state index in [2.05, 4.69) is 51.8 Å². The summed E-state index contributed by atoms with van der Waals surface area (Å²) >= 11 is 0. The lowest BCUT2D eigenvalue weighted by molar-refractivity contribution is 0.0664. The Kier molecular flexibility index (Phi) is 3.15. The van der Waals surface area contributed by atoms with Gasteiger partial charge in [-0.3, -0.25) is 4.99 Å². The molecule has 0 aromatic carbocycles. The first-order chi connectivity index (χ1) is 6.31. The highest BCUT2D eigenvalue weighted by molar-refractivity contribution is 5.66. The number of allylic oxidation sites excluding steroid dienone is 1. The second kappa shape index (κ2) is 3.85. The summed E-state index contributed by atoms with van der Waals surface area (Å²) in [6, 6.07) is 0. The second-order valence-electron chi connectivity index (χ2n) is 5.57. The van der Waals surface area contributed by atoms with Crippen molar-refractivity contribution in [3.8, 4) is 0 Å². The lowest BCUT2D eigenvalue weighted by atomic mass is 9.83. The first-order valence-corrected chi connectivity index (χ1v) is 5.13. The van der Waals surface area contributed by atoms with Crippen molar-refractivity contribution in [1.29, 1.82) is 0 Å². The largest absolute Gasteiger partial charge is 0.350 e. The average Bonchev–Trinajstić information content (AvgIpc) is 2.52. The van der Waals surface area contributed by atoms with Crippen molar-refractivity contribution in [2.45, 2.75) is 40.7 Å². The SMILES string of the molecule is CC(C)(C)C=CC(C)(C)C1C=NCO1. The van der Waals surface area contributed by atoms with Gasteiger partial charge in [-0.15, -0.1) is 0 Å². The third-order valence-corrected chi connectivity index (χ3v) is 2.32. The smallest absolute Gasteiger partial charge is 0.138 e. The molecule has 1 rings (SSSR count). The van der Waals surface area contributed by atoms with Gasteiger partial charge in [0.15, 0.2) is 0 Å². The standard InChI is InChI=1S/C12H21NO/c1-11(2,3)6-7-12(4,5)10-8-13-9-14-10/h6-8,10H,9H2,1-5H3. The molecule has 0 saturated heterocycles. The fourth-order valence-electron chi connectivity index (χ4n) is 1.27. The van der Waals surface area contributed by atoms with Crippen LogP contribution in [0.25, 0.3) is 0 Å². The van der Waals surface area contributed by atoms with E-state index < -0.39 is 0 Å². The normalized spacial score (nSPS) is 23.6. The van der Waals surface area contributed by atoms with E-state index in [0.717, 1.165) is 0 Å². The highest BCUT2D eigenvalue weighted by atomic mass is 16.5. The molecule has 80 valence electrons. The van der Waals surface area contributed by atoms with Gasteiger partial charge in [-0.05, 0) is 5.41 Å². The highest BCUT2D eigenvalue weighted by Crippen LogP contribution is 2.28. The van der Waals surface area contributed by atoms with Gasteiger partial charge in [0.1, 0.15) is 12.8 Å². The van der Waals surface area contributed by atoms with Crippen molar-refractivity contribution in [3.05, 3.63) is 12.2 Å². The Morgan fingerprint density at radius 2 is 1.86 bits per heavy atom. The number of hydrogen-bond donors (Lipinski definition) is 0. The van der Waals surface area contributed by atoms with E-state index in [4.69, 9.17) is 4.74 Å². The van der Waals surface area contributed by atoms with E-state index in [-0.39, 0.29) is 16.9 Å². The van der Waals surface area contributed by atoms with Crippen molar-refractivity contribution in [2.24, 2.45) is 15.8 Å². The molecule has 0 saturated carbocycles. The predicted molar refractivity (Wildman–Crippen MR) is 60.6 cm³/mol.